The Bertz CT molecular complexity index is 865. The average Bonchev–Trinajstić information content (AvgIpc) is 3.16. The molecule has 0 fully saturated rings. The molecule has 0 bridgehead atoms. The number of anilines is 1. The molecule has 2 heterocycles. The summed E-state index contributed by atoms with van der Waals surface area (Å²) in [4.78, 5) is 12.3. The van der Waals surface area contributed by atoms with Gasteiger partial charge in [0.05, 0.1) is 12.4 Å². The molecule has 3 aromatic rings. The van der Waals surface area contributed by atoms with Crippen LogP contribution in [0.25, 0.3) is 0 Å². The first kappa shape index (κ1) is 16.7. The largest absolute Gasteiger partial charge is 0.454 e. The van der Waals surface area contributed by atoms with Gasteiger partial charge >= 0.3 is 0 Å². The normalized spacial score (nSPS) is 12.0. The van der Waals surface area contributed by atoms with E-state index in [0.717, 1.165) is 5.69 Å². The predicted molar refractivity (Wildman–Crippen MR) is 90.0 cm³/mol. The van der Waals surface area contributed by atoms with Crippen molar-refractivity contribution in [2.45, 2.75) is 19.9 Å². The van der Waals surface area contributed by atoms with Crippen molar-refractivity contribution in [2.75, 3.05) is 5.32 Å². The average molecular weight is 343 g/mol. The van der Waals surface area contributed by atoms with Gasteiger partial charge in [0.15, 0.2) is 11.6 Å². The van der Waals surface area contributed by atoms with Crippen molar-refractivity contribution < 1.29 is 13.9 Å². The molecule has 2 aromatic heterocycles. The molecule has 0 saturated carbocycles. The fraction of sp³-hybridized carbons (Fsp3) is 0.235. The van der Waals surface area contributed by atoms with E-state index < -0.39 is 6.04 Å². The Balaban J connectivity index is 1.66. The summed E-state index contributed by atoms with van der Waals surface area (Å²) < 4.78 is 21.7. The van der Waals surface area contributed by atoms with Gasteiger partial charge in [0.1, 0.15) is 17.6 Å². The van der Waals surface area contributed by atoms with Crippen LogP contribution in [0.5, 0.6) is 11.5 Å². The molecule has 8 heteroatoms. The van der Waals surface area contributed by atoms with Crippen molar-refractivity contribution in [1.29, 1.82) is 0 Å². The Hall–Kier alpha value is -3.16. The molecule has 25 heavy (non-hydrogen) atoms. The molecular weight excluding hydrogens is 325 g/mol. The zero-order valence-electron chi connectivity index (χ0n) is 14.1. The first-order valence-electron chi connectivity index (χ1n) is 7.71. The second-order valence-electron chi connectivity index (χ2n) is 5.67. The monoisotopic (exact) mass is 343 g/mol. The van der Waals surface area contributed by atoms with Gasteiger partial charge in [-0.15, -0.1) is 0 Å². The van der Waals surface area contributed by atoms with Gasteiger partial charge in [-0.2, -0.15) is 10.2 Å². The smallest absolute Gasteiger partial charge is 0.250 e. The number of rotatable bonds is 5. The zero-order chi connectivity index (χ0) is 18.0. The lowest BCUT2D eigenvalue weighted by molar-refractivity contribution is -0.119. The third-order valence-corrected chi connectivity index (χ3v) is 3.77. The lowest BCUT2D eigenvalue weighted by Crippen LogP contribution is -2.24. The number of carbonyl (C=O) groups is 1. The minimum absolute atomic E-state index is 0.241. The number of hydrogen-bond acceptors (Lipinski definition) is 4. The second kappa shape index (κ2) is 6.76. The lowest BCUT2D eigenvalue weighted by Gasteiger charge is -2.11. The minimum atomic E-state index is -0.548. The zero-order valence-corrected chi connectivity index (χ0v) is 14.1. The molecule has 1 amide bonds. The van der Waals surface area contributed by atoms with Crippen molar-refractivity contribution in [3.8, 4) is 11.5 Å². The van der Waals surface area contributed by atoms with Gasteiger partial charge in [0, 0.05) is 18.8 Å². The Morgan fingerprint density at radius 3 is 2.64 bits per heavy atom. The number of ether oxygens (including phenoxy) is 1. The third kappa shape index (κ3) is 3.85. The fourth-order valence-electron chi connectivity index (χ4n) is 2.20. The molecule has 1 aromatic carbocycles. The molecule has 0 aliphatic carbocycles. The van der Waals surface area contributed by atoms with Crippen LogP contribution >= 0.6 is 0 Å². The SMILES string of the molecule is Cc1cc(NC(=O)C(C)n2cc(Oc3ccc(F)cc3)cn2)nn1C. The minimum Gasteiger partial charge on any atom is -0.454 e. The molecule has 3 rings (SSSR count). The van der Waals surface area contributed by atoms with Gasteiger partial charge in [0.25, 0.3) is 0 Å². The van der Waals surface area contributed by atoms with Crippen LogP contribution in [-0.4, -0.2) is 25.5 Å². The number of carbonyl (C=O) groups excluding carboxylic acids is 1. The molecule has 1 unspecified atom stereocenters. The fourth-order valence-corrected chi connectivity index (χ4v) is 2.20. The van der Waals surface area contributed by atoms with E-state index in [4.69, 9.17) is 4.74 Å². The number of benzene rings is 1. The van der Waals surface area contributed by atoms with Crippen LogP contribution in [0.1, 0.15) is 18.7 Å². The number of halogens is 1. The van der Waals surface area contributed by atoms with Crippen LogP contribution < -0.4 is 10.1 Å². The lowest BCUT2D eigenvalue weighted by atomic mass is 10.3. The molecule has 0 saturated heterocycles. The predicted octanol–water partition coefficient (Wildman–Crippen LogP) is 3.06. The second-order valence-corrected chi connectivity index (χ2v) is 5.67. The summed E-state index contributed by atoms with van der Waals surface area (Å²) in [7, 11) is 1.81. The van der Waals surface area contributed by atoms with E-state index >= 15 is 0 Å². The molecule has 130 valence electrons. The van der Waals surface area contributed by atoms with Gasteiger partial charge in [-0.1, -0.05) is 0 Å². The summed E-state index contributed by atoms with van der Waals surface area (Å²) in [6.07, 6.45) is 3.11. The Kier molecular flexibility index (Phi) is 4.51. The van der Waals surface area contributed by atoms with Crippen LogP contribution in [0.2, 0.25) is 0 Å². The quantitative estimate of drug-likeness (QED) is 0.773. The van der Waals surface area contributed by atoms with E-state index in [-0.39, 0.29) is 11.7 Å². The van der Waals surface area contributed by atoms with Gasteiger partial charge in [0.2, 0.25) is 5.91 Å². The van der Waals surface area contributed by atoms with Crippen LogP contribution in [0.15, 0.2) is 42.7 Å². The van der Waals surface area contributed by atoms with Crippen molar-refractivity contribution in [3.63, 3.8) is 0 Å². The van der Waals surface area contributed by atoms with E-state index in [1.807, 2.05) is 6.92 Å². The number of nitrogens with zero attached hydrogens (tertiary/aromatic N) is 4. The molecule has 0 aliphatic heterocycles. The summed E-state index contributed by atoms with van der Waals surface area (Å²) in [6.45, 7) is 3.62. The van der Waals surface area contributed by atoms with Crippen LogP contribution in [0, 0.1) is 12.7 Å². The molecular formula is C17H18FN5O2. The van der Waals surface area contributed by atoms with Crippen molar-refractivity contribution >= 4 is 11.7 Å². The maximum Gasteiger partial charge on any atom is 0.250 e. The molecule has 0 spiro atoms. The Morgan fingerprint density at radius 2 is 2.00 bits per heavy atom. The first-order chi connectivity index (χ1) is 11.9. The van der Waals surface area contributed by atoms with Crippen molar-refractivity contribution in [3.05, 3.63) is 54.2 Å². The van der Waals surface area contributed by atoms with Crippen LogP contribution in [0.4, 0.5) is 10.2 Å². The van der Waals surface area contributed by atoms with Gasteiger partial charge < -0.3 is 10.1 Å². The standard InChI is InChI=1S/C17H18FN5O2/c1-11-8-16(21-22(11)3)20-17(24)12(2)23-10-15(9-19-23)25-14-6-4-13(18)5-7-14/h4-10,12H,1-3H3,(H,20,21,24). The number of amides is 1. The highest BCUT2D eigenvalue weighted by atomic mass is 19.1. The summed E-state index contributed by atoms with van der Waals surface area (Å²) in [5.74, 6) is 0.862. The first-order valence-corrected chi connectivity index (χ1v) is 7.71. The van der Waals surface area contributed by atoms with E-state index in [2.05, 4.69) is 15.5 Å². The van der Waals surface area contributed by atoms with Gasteiger partial charge in [-0.3, -0.25) is 14.2 Å². The van der Waals surface area contributed by atoms with Crippen molar-refractivity contribution in [2.24, 2.45) is 7.05 Å². The maximum atomic E-state index is 12.9. The summed E-state index contributed by atoms with van der Waals surface area (Å²) in [6, 6.07) is 6.90. The summed E-state index contributed by atoms with van der Waals surface area (Å²) >= 11 is 0. The maximum absolute atomic E-state index is 12.9. The highest BCUT2D eigenvalue weighted by Crippen LogP contribution is 2.22. The number of aryl methyl sites for hydroxylation is 2. The van der Waals surface area contributed by atoms with E-state index in [1.54, 1.807) is 30.9 Å². The molecule has 1 N–H and O–H groups in total. The van der Waals surface area contributed by atoms with Crippen LogP contribution in [-0.2, 0) is 11.8 Å². The number of nitrogens with one attached hydrogen (secondary N) is 1. The van der Waals surface area contributed by atoms with Crippen molar-refractivity contribution in [1.82, 2.24) is 19.6 Å². The van der Waals surface area contributed by atoms with E-state index in [1.165, 1.54) is 35.1 Å². The summed E-state index contributed by atoms with van der Waals surface area (Å²) in [5, 5.41) is 11.1. The van der Waals surface area contributed by atoms with Crippen LogP contribution in [0.3, 0.4) is 0 Å². The molecule has 0 aliphatic rings. The summed E-state index contributed by atoms with van der Waals surface area (Å²) in [5.41, 5.74) is 0.942. The number of aromatic nitrogens is 4. The topological polar surface area (TPSA) is 74.0 Å². The Labute approximate surface area is 144 Å². The molecule has 0 radical (unpaired) electrons. The molecule has 1 atom stereocenters. The third-order valence-electron chi connectivity index (χ3n) is 3.77. The number of hydrogen-bond donors (Lipinski definition) is 1. The highest BCUT2D eigenvalue weighted by Gasteiger charge is 2.18. The van der Waals surface area contributed by atoms with Gasteiger partial charge in [-0.05, 0) is 38.1 Å². The Morgan fingerprint density at radius 1 is 1.28 bits per heavy atom. The molecule has 7 nitrogen and oxygen atoms in total. The van der Waals surface area contributed by atoms with E-state index in [9.17, 15) is 9.18 Å². The highest BCUT2D eigenvalue weighted by molar-refractivity contribution is 5.92. The van der Waals surface area contributed by atoms with E-state index in [0.29, 0.717) is 17.3 Å². The van der Waals surface area contributed by atoms with Gasteiger partial charge in [-0.25, -0.2) is 4.39 Å².